The average Bonchev–Trinajstić information content (AvgIpc) is 3.14. The molecule has 0 aliphatic heterocycles. The summed E-state index contributed by atoms with van der Waals surface area (Å²) in [4.78, 5) is 26.5. The van der Waals surface area contributed by atoms with Gasteiger partial charge in [-0.15, -0.1) is 11.3 Å². The number of aryl methyl sites for hydroxylation is 1. The van der Waals surface area contributed by atoms with Crippen molar-refractivity contribution in [2.24, 2.45) is 5.92 Å². The van der Waals surface area contributed by atoms with E-state index in [0.717, 1.165) is 4.88 Å². The van der Waals surface area contributed by atoms with Crippen LogP contribution in [0.15, 0.2) is 46.6 Å². The zero-order chi connectivity index (χ0) is 18.0. The maximum Gasteiger partial charge on any atom is 0.274 e. The van der Waals surface area contributed by atoms with E-state index in [-0.39, 0.29) is 23.4 Å². The first-order valence-corrected chi connectivity index (χ1v) is 9.25. The highest BCUT2D eigenvalue weighted by atomic mass is 32.1. The second-order valence-corrected chi connectivity index (χ2v) is 7.20. The zero-order valence-electron chi connectivity index (χ0n) is 14.5. The minimum absolute atomic E-state index is 0.0879. The van der Waals surface area contributed by atoms with E-state index >= 15 is 0 Å². The van der Waals surface area contributed by atoms with E-state index in [1.54, 1.807) is 29.5 Å². The lowest BCUT2D eigenvalue weighted by atomic mass is 10.0. The second-order valence-electron chi connectivity index (χ2n) is 6.23. The molecule has 0 radical (unpaired) electrons. The molecular weight excluding hydrogens is 334 g/mol. The minimum Gasteiger partial charge on any atom is -0.343 e. The minimum atomic E-state index is -0.259. The van der Waals surface area contributed by atoms with Gasteiger partial charge in [-0.05, 0) is 30.4 Å². The predicted molar refractivity (Wildman–Crippen MR) is 101 cm³/mol. The summed E-state index contributed by atoms with van der Waals surface area (Å²) in [6.45, 7) is 6.41. The summed E-state index contributed by atoms with van der Waals surface area (Å²) in [5.74, 6) is -0.0172. The maximum atomic E-state index is 13.0. The molecule has 0 aliphatic carbocycles. The Morgan fingerprint density at radius 1 is 1.20 bits per heavy atom. The van der Waals surface area contributed by atoms with Crippen LogP contribution in [0.1, 0.15) is 42.2 Å². The number of amides is 1. The summed E-state index contributed by atoms with van der Waals surface area (Å²) in [7, 11) is 0. The van der Waals surface area contributed by atoms with Crippen molar-refractivity contribution < 1.29 is 4.79 Å². The molecule has 3 aromatic rings. The Bertz CT molecular complexity index is 945. The van der Waals surface area contributed by atoms with E-state index in [0.29, 0.717) is 23.0 Å². The highest BCUT2D eigenvalue weighted by molar-refractivity contribution is 7.10. The van der Waals surface area contributed by atoms with Crippen molar-refractivity contribution >= 4 is 28.0 Å². The van der Waals surface area contributed by atoms with Crippen LogP contribution >= 0.6 is 11.3 Å². The van der Waals surface area contributed by atoms with Crippen molar-refractivity contribution in [3.8, 4) is 0 Å². The van der Waals surface area contributed by atoms with E-state index in [1.165, 1.54) is 4.68 Å². The van der Waals surface area contributed by atoms with Gasteiger partial charge >= 0.3 is 0 Å². The molecule has 25 heavy (non-hydrogen) atoms. The summed E-state index contributed by atoms with van der Waals surface area (Å²) in [5, 5.41) is 10.5. The van der Waals surface area contributed by atoms with Crippen LogP contribution in [0.3, 0.4) is 0 Å². The van der Waals surface area contributed by atoms with Crippen LogP contribution in [-0.2, 0) is 6.54 Å². The van der Waals surface area contributed by atoms with Gasteiger partial charge in [0.1, 0.15) is 0 Å². The molecule has 5 nitrogen and oxygen atoms in total. The van der Waals surface area contributed by atoms with E-state index in [2.05, 4.69) is 24.3 Å². The normalized spacial score (nSPS) is 12.5. The lowest BCUT2D eigenvalue weighted by Gasteiger charge is -2.21. The van der Waals surface area contributed by atoms with Gasteiger partial charge in [0.25, 0.3) is 11.5 Å². The van der Waals surface area contributed by atoms with Crippen LogP contribution in [0.5, 0.6) is 0 Å². The molecule has 0 aliphatic rings. The van der Waals surface area contributed by atoms with Gasteiger partial charge in [-0.1, -0.05) is 38.1 Å². The van der Waals surface area contributed by atoms with Crippen LogP contribution in [0.2, 0.25) is 0 Å². The summed E-state index contributed by atoms with van der Waals surface area (Å²) < 4.78 is 1.34. The third-order valence-corrected chi connectivity index (χ3v) is 5.14. The standard InChI is InChI=1S/C19H21N3O2S/c1-4-22-19(24)14-9-6-5-8-13(14)17(21-22)18(23)20-16(12(2)3)15-10-7-11-25-15/h5-12,16H,4H2,1-3H3,(H,20,23)/t16-/m0/s1. The Morgan fingerprint density at radius 2 is 1.92 bits per heavy atom. The molecule has 2 heterocycles. The molecule has 2 aromatic heterocycles. The molecule has 0 fully saturated rings. The average molecular weight is 355 g/mol. The number of benzene rings is 1. The van der Waals surface area contributed by atoms with Gasteiger partial charge in [0.2, 0.25) is 0 Å². The monoisotopic (exact) mass is 355 g/mol. The molecule has 0 saturated carbocycles. The first kappa shape index (κ1) is 17.4. The quantitative estimate of drug-likeness (QED) is 0.760. The number of hydrogen-bond acceptors (Lipinski definition) is 4. The van der Waals surface area contributed by atoms with Crippen molar-refractivity contribution in [2.75, 3.05) is 0 Å². The summed E-state index contributed by atoms with van der Waals surface area (Å²) >= 11 is 1.62. The molecule has 1 atom stereocenters. The molecule has 6 heteroatoms. The van der Waals surface area contributed by atoms with Crippen molar-refractivity contribution in [1.82, 2.24) is 15.1 Å². The Balaban J connectivity index is 2.05. The van der Waals surface area contributed by atoms with E-state index < -0.39 is 0 Å². The Labute approximate surface area is 150 Å². The highest BCUT2D eigenvalue weighted by Gasteiger charge is 2.23. The number of thiophene rings is 1. The Hall–Kier alpha value is -2.47. The maximum absolute atomic E-state index is 13.0. The number of rotatable bonds is 5. The van der Waals surface area contributed by atoms with Gasteiger partial charge < -0.3 is 5.32 Å². The third kappa shape index (κ3) is 3.35. The fourth-order valence-electron chi connectivity index (χ4n) is 2.86. The SMILES string of the molecule is CCn1nc(C(=O)N[C@H](c2cccs2)C(C)C)c2ccccc2c1=O. The van der Waals surface area contributed by atoms with Crippen molar-refractivity contribution in [1.29, 1.82) is 0 Å². The number of hydrogen-bond donors (Lipinski definition) is 1. The zero-order valence-corrected chi connectivity index (χ0v) is 15.3. The third-order valence-electron chi connectivity index (χ3n) is 4.19. The fourth-order valence-corrected chi connectivity index (χ4v) is 3.81. The first-order chi connectivity index (χ1) is 12.0. The van der Waals surface area contributed by atoms with E-state index in [1.807, 2.05) is 30.5 Å². The molecule has 1 N–H and O–H groups in total. The number of carbonyl (C=O) groups is 1. The van der Waals surface area contributed by atoms with Gasteiger partial charge in [0.15, 0.2) is 5.69 Å². The van der Waals surface area contributed by atoms with Crippen molar-refractivity contribution in [3.63, 3.8) is 0 Å². The number of aromatic nitrogens is 2. The molecular formula is C19H21N3O2S. The number of fused-ring (bicyclic) bond motifs is 1. The number of nitrogens with zero attached hydrogens (tertiary/aromatic N) is 2. The van der Waals surface area contributed by atoms with Gasteiger partial charge in [0, 0.05) is 16.8 Å². The second kappa shape index (κ2) is 7.19. The van der Waals surface area contributed by atoms with Gasteiger partial charge in [-0.3, -0.25) is 9.59 Å². The number of nitrogens with one attached hydrogen (secondary N) is 1. The van der Waals surface area contributed by atoms with Gasteiger partial charge in [-0.25, -0.2) is 4.68 Å². The molecule has 0 spiro atoms. The molecule has 1 amide bonds. The fraction of sp³-hybridized carbons (Fsp3) is 0.316. The summed E-state index contributed by atoms with van der Waals surface area (Å²) in [6.07, 6.45) is 0. The largest absolute Gasteiger partial charge is 0.343 e. The molecule has 0 bridgehead atoms. The Kier molecular flexibility index (Phi) is 4.99. The summed E-state index contributed by atoms with van der Waals surface area (Å²) in [5.41, 5.74) is 0.118. The smallest absolute Gasteiger partial charge is 0.274 e. The van der Waals surface area contributed by atoms with Crippen LogP contribution in [-0.4, -0.2) is 15.7 Å². The van der Waals surface area contributed by atoms with Crippen molar-refractivity contribution in [2.45, 2.75) is 33.4 Å². The van der Waals surface area contributed by atoms with Crippen LogP contribution in [0.4, 0.5) is 0 Å². The number of carbonyl (C=O) groups excluding carboxylic acids is 1. The topological polar surface area (TPSA) is 64.0 Å². The van der Waals surface area contributed by atoms with E-state index in [4.69, 9.17) is 0 Å². The van der Waals surface area contributed by atoms with Crippen LogP contribution < -0.4 is 10.9 Å². The molecule has 0 saturated heterocycles. The Morgan fingerprint density at radius 3 is 2.52 bits per heavy atom. The van der Waals surface area contributed by atoms with Crippen LogP contribution in [0, 0.1) is 5.92 Å². The summed E-state index contributed by atoms with van der Waals surface area (Å²) in [6, 6.07) is 11.0. The molecule has 1 aromatic carbocycles. The highest BCUT2D eigenvalue weighted by Crippen LogP contribution is 2.26. The molecule has 0 unspecified atom stereocenters. The van der Waals surface area contributed by atoms with Crippen LogP contribution in [0.25, 0.3) is 10.8 Å². The lowest BCUT2D eigenvalue weighted by molar-refractivity contribution is 0.0921. The van der Waals surface area contributed by atoms with E-state index in [9.17, 15) is 9.59 Å². The predicted octanol–water partition coefficient (Wildman–Crippen LogP) is 3.61. The lowest BCUT2D eigenvalue weighted by Crippen LogP contribution is -2.34. The van der Waals surface area contributed by atoms with Crippen molar-refractivity contribution in [3.05, 3.63) is 62.7 Å². The van der Waals surface area contributed by atoms with Gasteiger partial charge in [-0.2, -0.15) is 5.10 Å². The van der Waals surface area contributed by atoms with Gasteiger partial charge in [0.05, 0.1) is 11.4 Å². The molecule has 130 valence electrons. The molecule has 3 rings (SSSR count). The first-order valence-electron chi connectivity index (χ1n) is 8.37.